The van der Waals surface area contributed by atoms with E-state index in [1.54, 1.807) is 17.6 Å². The first-order chi connectivity index (χ1) is 12.6. The zero-order valence-electron chi connectivity index (χ0n) is 14.4. The molecule has 4 rings (SSSR count). The van der Waals surface area contributed by atoms with Gasteiger partial charge in [-0.15, -0.1) is 0 Å². The molecular formula is C20H18N2O4. The average Bonchev–Trinajstić information content (AvgIpc) is 3.02. The van der Waals surface area contributed by atoms with Gasteiger partial charge in [-0.05, 0) is 23.8 Å². The van der Waals surface area contributed by atoms with Crippen molar-refractivity contribution in [1.82, 2.24) is 9.55 Å². The summed E-state index contributed by atoms with van der Waals surface area (Å²) in [5.74, 6) is -0.380. The topological polar surface area (TPSA) is 81.4 Å². The van der Waals surface area contributed by atoms with Crippen LogP contribution in [0.3, 0.4) is 0 Å². The molecule has 0 saturated carbocycles. The molecule has 0 radical (unpaired) electrons. The molecule has 3 heterocycles. The third-order valence-electron chi connectivity index (χ3n) is 4.70. The number of aromatic nitrogens is 2. The maximum atomic E-state index is 12.9. The molecular weight excluding hydrogens is 332 g/mol. The number of rotatable bonds is 4. The third-order valence-corrected chi connectivity index (χ3v) is 4.70. The highest BCUT2D eigenvalue weighted by Gasteiger charge is 2.25. The normalized spacial score (nSPS) is 12.1. The van der Waals surface area contributed by atoms with E-state index < -0.39 is 0 Å². The van der Waals surface area contributed by atoms with Crippen LogP contribution < -0.4 is 5.56 Å². The van der Waals surface area contributed by atoms with Gasteiger partial charge in [0.2, 0.25) is 0 Å². The predicted octanol–water partition coefficient (Wildman–Crippen LogP) is 2.37. The van der Waals surface area contributed by atoms with E-state index >= 15 is 0 Å². The molecule has 26 heavy (non-hydrogen) atoms. The number of carbonyl (C=O) groups excluding carboxylic acids is 1. The van der Waals surface area contributed by atoms with Gasteiger partial charge in [-0.2, -0.15) is 0 Å². The molecule has 1 N–H and O–H groups in total. The number of hydrogen-bond donors (Lipinski definition) is 1. The Hall–Kier alpha value is -2.99. The quantitative estimate of drug-likeness (QED) is 0.572. The highest BCUT2D eigenvalue weighted by molar-refractivity contribution is 5.84. The molecule has 1 aromatic carbocycles. The number of aliphatic hydroxyl groups excluding tert-OH is 1. The number of ether oxygens (including phenoxy) is 1. The minimum absolute atomic E-state index is 0.132. The molecule has 6 nitrogen and oxygen atoms in total. The van der Waals surface area contributed by atoms with Crippen molar-refractivity contribution in [1.29, 1.82) is 0 Å². The number of benzene rings is 1. The van der Waals surface area contributed by atoms with Crippen LogP contribution in [0, 0.1) is 0 Å². The molecule has 6 heteroatoms. The van der Waals surface area contributed by atoms with Crippen molar-refractivity contribution in [2.24, 2.45) is 0 Å². The molecule has 1 aliphatic heterocycles. The molecule has 0 amide bonds. The number of nitrogens with zero attached hydrogens (tertiary/aromatic N) is 2. The van der Waals surface area contributed by atoms with Crippen molar-refractivity contribution in [3.8, 4) is 11.4 Å². The van der Waals surface area contributed by atoms with Crippen LogP contribution in [-0.2, 0) is 29.3 Å². The van der Waals surface area contributed by atoms with Crippen molar-refractivity contribution in [3.05, 3.63) is 63.4 Å². The second-order valence-electron chi connectivity index (χ2n) is 6.29. The summed E-state index contributed by atoms with van der Waals surface area (Å²) < 4.78 is 6.75. The van der Waals surface area contributed by atoms with Gasteiger partial charge in [0.05, 0.1) is 35.6 Å². The number of para-hydroxylation sites is 1. The second-order valence-corrected chi connectivity index (χ2v) is 6.29. The van der Waals surface area contributed by atoms with Crippen LogP contribution in [0.1, 0.15) is 30.0 Å². The highest BCUT2D eigenvalue weighted by atomic mass is 16.5. The number of aliphatic hydroxyl groups is 1. The zero-order valence-corrected chi connectivity index (χ0v) is 14.4. The maximum absolute atomic E-state index is 12.9. The van der Waals surface area contributed by atoms with Gasteiger partial charge < -0.3 is 14.4 Å². The Bertz CT molecular complexity index is 1090. The van der Waals surface area contributed by atoms with Gasteiger partial charge in [-0.3, -0.25) is 9.59 Å². The summed E-state index contributed by atoms with van der Waals surface area (Å²) in [4.78, 5) is 29.1. The van der Waals surface area contributed by atoms with E-state index in [0.717, 1.165) is 22.2 Å². The fourth-order valence-electron chi connectivity index (χ4n) is 3.32. The van der Waals surface area contributed by atoms with E-state index in [1.807, 2.05) is 30.3 Å². The first-order valence-corrected chi connectivity index (χ1v) is 8.53. The Balaban J connectivity index is 1.84. The van der Waals surface area contributed by atoms with Gasteiger partial charge in [0.15, 0.2) is 0 Å². The Morgan fingerprint density at radius 3 is 2.88 bits per heavy atom. The van der Waals surface area contributed by atoms with Gasteiger partial charge in [0, 0.05) is 17.4 Å². The Labute approximate surface area is 149 Å². The largest absolute Gasteiger partial charge is 0.461 e. The standard InChI is InChI=1S/C20H18N2O4/c1-2-18(24)26-11-15-14(10-23)8-17-19-13(9-22(17)20(15)25)7-12-5-3-4-6-16(12)21-19/h3-8,23H,2,9-11H2,1H3. The lowest BCUT2D eigenvalue weighted by Crippen LogP contribution is -2.26. The average molecular weight is 350 g/mol. The number of fused-ring (bicyclic) bond motifs is 4. The van der Waals surface area contributed by atoms with Crippen LogP contribution >= 0.6 is 0 Å². The first-order valence-electron chi connectivity index (χ1n) is 8.53. The summed E-state index contributed by atoms with van der Waals surface area (Å²) in [5, 5.41) is 10.7. The van der Waals surface area contributed by atoms with Crippen molar-refractivity contribution >= 4 is 16.9 Å². The van der Waals surface area contributed by atoms with E-state index in [0.29, 0.717) is 23.4 Å². The maximum Gasteiger partial charge on any atom is 0.305 e. The molecule has 132 valence electrons. The fraction of sp³-hybridized carbons (Fsp3) is 0.250. The molecule has 3 aromatic rings. The molecule has 2 aromatic heterocycles. The number of carbonyl (C=O) groups is 1. The first kappa shape index (κ1) is 16.5. The Morgan fingerprint density at radius 1 is 1.31 bits per heavy atom. The fourth-order valence-corrected chi connectivity index (χ4v) is 3.32. The van der Waals surface area contributed by atoms with E-state index in [9.17, 15) is 14.7 Å². The van der Waals surface area contributed by atoms with Crippen LogP contribution in [0.15, 0.2) is 41.2 Å². The van der Waals surface area contributed by atoms with E-state index in [4.69, 9.17) is 9.72 Å². The molecule has 0 atom stereocenters. The van der Waals surface area contributed by atoms with Gasteiger partial charge in [-0.1, -0.05) is 25.1 Å². The summed E-state index contributed by atoms with van der Waals surface area (Å²) in [6.45, 7) is 1.68. The second kappa shape index (κ2) is 6.38. The van der Waals surface area contributed by atoms with Crippen LogP contribution in [-0.4, -0.2) is 20.6 Å². The summed E-state index contributed by atoms with van der Waals surface area (Å²) in [5.41, 5.74) is 3.80. The van der Waals surface area contributed by atoms with E-state index in [2.05, 4.69) is 0 Å². The SMILES string of the molecule is CCC(=O)OCc1c(CO)cc2n(c1=O)Cc1cc3ccccc3nc1-2. The summed E-state index contributed by atoms with van der Waals surface area (Å²) in [6, 6.07) is 11.6. The zero-order chi connectivity index (χ0) is 18.3. The Kier molecular flexibility index (Phi) is 4.05. The van der Waals surface area contributed by atoms with Gasteiger partial charge in [0.1, 0.15) is 6.61 Å². The minimum atomic E-state index is -0.380. The van der Waals surface area contributed by atoms with Crippen LogP contribution in [0.2, 0.25) is 0 Å². The monoisotopic (exact) mass is 350 g/mol. The van der Waals surface area contributed by atoms with Gasteiger partial charge >= 0.3 is 5.97 Å². The molecule has 0 saturated heterocycles. The molecule has 0 bridgehead atoms. The van der Waals surface area contributed by atoms with Crippen molar-refractivity contribution < 1.29 is 14.6 Å². The molecule has 0 unspecified atom stereocenters. The minimum Gasteiger partial charge on any atom is -0.461 e. The third kappa shape index (κ3) is 2.59. The number of esters is 1. The van der Waals surface area contributed by atoms with E-state index in [1.165, 1.54) is 0 Å². The summed E-state index contributed by atoms with van der Waals surface area (Å²) in [7, 11) is 0. The smallest absolute Gasteiger partial charge is 0.305 e. The van der Waals surface area contributed by atoms with E-state index in [-0.39, 0.29) is 31.2 Å². The number of pyridine rings is 2. The Morgan fingerprint density at radius 2 is 2.12 bits per heavy atom. The lowest BCUT2D eigenvalue weighted by molar-refractivity contribution is -0.144. The summed E-state index contributed by atoms with van der Waals surface area (Å²) >= 11 is 0. The summed E-state index contributed by atoms with van der Waals surface area (Å²) in [6.07, 6.45) is 0.239. The highest BCUT2D eigenvalue weighted by Crippen LogP contribution is 2.32. The van der Waals surface area contributed by atoms with Crippen molar-refractivity contribution in [3.63, 3.8) is 0 Å². The van der Waals surface area contributed by atoms with Crippen LogP contribution in [0.25, 0.3) is 22.3 Å². The lowest BCUT2D eigenvalue weighted by Gasteiger charge is -2.12. The van der Waals surface area contributed by atoms with Gasteiger partial charge in [0.25, 0.3) is 5.56 Å². The van der Waals surface area contributed by atoms with Crippen LogP contribution in [0.4, 0.5) is 0 Å². The molecule has 0 aliphatic carbocycles. The molecule has 0 spiro atoms. The van der Waals surface area contributed by atoms with Crippen molar-refractivity contribution in [2.75, 3.05) is 0 Å². The molecule has 1 aliphatic rings. The molecule has 0 fully saturated rings. The van der Waals surface area contributed by atoms with Crippen LogP contribution in [0.5, 0.6) is 0 Å². The predicted molar refractivity (Wildman–Crippen MR) is 96.6 cm³/mol. The lowest BCUT2D eigenvalue weighted by atomic mass is 10.1. The number of hydrogen-bond acceptors (Lipinski definition) is 5. The van der Waals surface area contributed by atoms with Gasteiger partial charge in [-0.25, -0.2) is 4.98 Å². The van der Waals surface area contributed by atoms with Crippen molar-refractivity contribution in [2.45, 2.75) is 33.1 Å².